The Morgan fingerprint density at radius 1 is 1.16 bits per heavy atom. The van der Waals surface area contributed by atoms with Crippen molar-refractivity contribution >= 4 is 28.7 Å². The summed E-state index contributed by atoms with van der Waals surface area (Å²) >= 11 is 1.85. The minimum absolute atomic E-state index is 0.0171. The molecule has 2 aromatic heterocycles. The first-order valence-electron chi connectivity index (χ1n) is 11.2. The summed E-state index contributed by atoms with van der Waals surface area (Å²) in [6.45, 7) is 0.372. The van der Waals surface area contributed by atoms with Crippen molar-refractivity contribution in [3.63, 3.8) is 0 Å². The number of hydrogen-bond acceptors (Lipinski definition) is 6. The van der Waals surface area contributed by atoms with Gasteiger partial charge in [0.15, 0.2) is 0 Å². The third-order valence-corrected chi connectivity index (χ3v) is 7.49. The molecule has 32 heavy (non-hydrogen) atoms. The first-order chi connectivity index (χ1) is 15.5. The Morgan fingerprint density at radius 3 is 2.53 bits per heavy atom. The number of methoxy groups -OCH3 is 1. The summed E-state index contributed by atoms with van der Waals surface area (Å²) in [4.78, 5) is 43.0. The zero-order valence-electron chi connectivity index (χ0n) is 18.2. The highest BCUT2D eigenvalue weighted by Crippen LogP contribution is 2.30. The fourth-order valence-corrected chi connectivity index (χ4v) is 5.85. The minimum atomic E-state index is -0.590. The largest absolute Gasteiger partial charge is 0.384 e. The van der Waals surface area contributed by atoms with Crippen molar-refractivity contribution < 1.29 is 13.9 Å². The van der Waals surface area contributed by atoms with Crippen LogP contribution in [-0.4, -0.2) is 51.3 Å². The van der Waals surface area contributed by atoms with E-state index in [4.69, 9.17) is 4.74 Å². The normalized spacial score (nSPS) is 22.2. The number of thioether (sulfide) groups is 1. The summed E-state index contributed by atoms with van der Waals surface area (Å²) < 4.78 is 21.8. The third-order valence-electron chi connectivity index (χ3n) is 6.44. The minimum Gasteiger partial charge on any atom is -0.384 e. The van der Waals surface area contributed by atoms with Gasteiger partial charge in [-0.1, -0.05) is 0 Å². The molecule has 0 radical (unpaired) electrons. The second-order valence-corrected chi connectivity index (χ2v) is 9.74. The van der Waals surface area contributed by atoms with E-state index in [1.807, 2.05) is 11.8 Å². The summed E-state index contributed by atoms with van der Waals surface area (Å²) in [5.74, 6) is 1.23. The fraction of sp³-hybridized carbons (Fsp3) is 0.636. The molecule has 2 aliphatic rings. The topological polar surface area (TPSA) is 95.2 Å². The Morgan fingerprint density at radius 2 is 1.84 bits per heavy atom. The lowest BCUT2D eigenvalue weighted by molar-refractivity contribution is -0.122. The highest BCUT2D eigenvalue weighted by atomic mass is 32.2. The molecule has 2 aromatic rings. The molecule has 1 saturated carbocycles. The van der Waals surface area contributed by atoms with Gasteiger partial charge in [-0.3, -0.25) is 18.7 Å². The monoisotopic (exact) mass is 464 g/mol. The molecule has 1 saturated heterocycles. The number of aromatic nitrogens is 3. The van der Waals surface area contributed by atoms with Gasteiger partial charge in [0.1, 0.15) is 11.5 Å². The van der Waals surface area contributed by atoms with Crippen molar-refractivity contribution in [1.29, 1.82) is 0 Å². The summed E-state index contributed by atoms with van der Waals surface area (Å²) in [6, 6.07) is 0.881. The number of rotatable bonds is 6. The van der Waals surface area contributed by atoms with Gasteiger partial charge in [-0.2, -0.15) is 11.8 Å². The van der Waals surface area contributed by atoms with Crippen molar-refractivity contribution in [2.24, 2.45) is 0 Å². The highest BCUT2D eigenvalue weighted by Gasteiger charge is 2.29. The van der Waals surface area contributed by atoms with Crippen molar-refractivity contribution in [1.82, 2.24) is 19.4 Å². The molecule has 3 heterocycles. The van der Waals surface area contributed by atoms with Crippen LogP contribution in [0.25, 0.3) is 11.0 Å². The van der Waals surface area contributed by atoms with Gasteiger partial charge in [0.05, 0.1) is 18.2 Å². The molecule has 10 heteroatoms. The van der Waals surface area contributed by atoms with Crippen LogP contribution < -0.4 is 16.6 Å². The molecule has 174 valence electrons. The Balaban J connectivity index is 1.64. The van der Waals surface area contributed by atoms with Gasteiger partial charge in [-0.05, 0) is 56.1 Å². The van der Waals surface area contributed by atoms with Crippen LogP contribution in [0.1, 0.15) is 57.0 Å². The maximum atomic E-state index is 14.0. The van der Waals surface area contributed by atoms with Crippen LogP contribution in [0.2, 0.25) is 0 Å². The van der Waals surface area contributed by atoms with E-state index < -0.39 is 11.4 Å². The Bertz CT molecular complexity index is 1090. The molecule has 0 atom stereocenters. The number of amides is 1. The van der Waals surface area contributed by atoms with Crippen LogP contribution in [0, 0.1) is 5.82 Å². The van der Waals surface area contributed by atoms with Gasteiger partial charge in [-0.25, -0.2) is 14.2 Å². The fourth-order valence-electron chi connectivity index (χ4n) is 4.77. The Kier molecular flexibility index (Phi) is 7.30. The van der Waals surface area contributed by atoms with Gasteiger partial charge in [-0.15, -0.1) is 0 Å². The van der Waals surface area contributed by atoms with E-state index in [0.29, 0.717) is 38.7 Å². The number of carbonyl (C=O) groups excluding carboxylic acids is 1. The molecule has 0 aromatic carbocycles. The third kappa shape index (κ3) is 4.76. The number of hydrogen-bond donors (Lipinski definition) is 1. The average Bonchev–Trinajstić information content (AvgIpc) is 2.80. The number of fused-ring (bicyclic) bond motifs is 1. The molecule has 8 nitrogen and oxygen atoms in total. The van der Waals surface area contributed by atoms with Gasteiger partial charge in [0.25, 0.3) is 5.56 Å². The molecule has 1 amide bonds. The maximum absolute atomic E-state index is 14.0. The molecular formula is C22H29FN4O4S. The van der Waals surface area contributed by atoms with E-state index >= 15 is 0 Å². The summed E-state index contributed by atoms with van der Waals surface area (Å²) in [7, 11) is 1.56. The molecule has 1 aliphatic heterocycles. The van der Waals surface area contributed by atoms with Crippen LogP contribution in [0.5, 0.6) is 0 Å². The first-order valence-corrected chi connectivity index (χ1v) is 12.3. The quantitative estimate of drug-likeness (QED) is 0.706. The van der Waals surface area contributed by atoms with E-state index in [9.17, 15) is 18.8 Å². The van der Waals surface area contributed by atoms with E-state index in [2.05, 4.69) is 10.3 Å². The highest BCUT2D eigenvalue weighted by molar-refractivity contribution is 7.99. The van der Waals surface area contributed by atoms with E-state index in [1.54, 1.807) is 11.7 Å². The molecule has 0 unspecified atom stereocenters. The molecule has 1 N–H and O–H groups in total. The summed E-state index contributed by atoms with van der Waals surface area (Å²) in [5.41, 5.74) is -0.564. The van der Waals surface area contributed by atoms with E-state index in [1.165, 1.54) is 10.6 Å². The van der Waals surface area contributed by atoms with Crippen LogP contribution in [0.15, 0.2) is 21.9 Å². The molecule has 1 aliphatic carbocycles. The lowest BCUT2D eigenvalue weighted by atomic mass is 9.90. The van der Waals surface area contributed by atoms with Gasteiger partial charge >= 0.3 is 5.69 Å². The average molecular weight is 465 g/mol. The molecule has 4 rings (SSSR count). The Labute approximate surface area is 189 Å². The zero-order chi connectivity index (χ0) is 22.7. The number of nitrogens with zero attached hydrogens (tertiary/aromatic N) is 3. The number of ether oxygens (including phenoxy) is 1. The molecule has 0 spiro atoms. The zero-order valence-corrected chi connectivity index (χ0v) is 19.0. The van der Waals surface area contributed by atoms with Crippen LogP contribution >= 0.6 is 11.8 Å². The van der Waals surface area contributed by atoms with Crippen LogP contribution in [0.4, 0.5) is 4.39 Å². The lowest BCUT2D eigenvalue weighted by Crippen LogP contribution is -2.46. The summed E-state index contributed by atoms with van der Waals surface area (Å²) in [6.07, 6.45) is 5.55. The predicted molar refractivity (Wildman–Crippen MR) is 122 cm³/mol. The maximum Gasteiger partial charge on any atom is 0.333 e. The van der Waals surface area contributed by atoms with Crippen molar-refractivity contribution in [2.45, 2.75) is 63.1 Å². The smallest absolute Gasteiger partial charge is 0.333 e. The number of carbonyl (C=O) groups is 1. The van der Waals surface area contributed by atoms with Crippen molar-refractivity contribution in [3.8, 4) is 0 Å². The lowest BCUT2D eigenvalue weighted by Gasteiger charge is -2.31. The van der Waals surface area contributed by atoms with Gasteiger partial charge in [0.2, 0.25) is 5.91 Å². The SMILES string of the molecule is COCCC(=O)NC1CCC(n2c(=O)c3cc(F)cnc3n(C3CCSCC3)c2=O)CC1. The van der Waals surface area contributed by atoms with Crippen LogP contribution in [0.3, 0.4) is 0 Å². The van der Waals surface area contributed by atoms with E-state index in [-0.39, 0.29) is 40.8 Å². The standard InChI is InChI=1S/C22H29FN4O4S/c1-31-9-6-19(28)25-15-2-4-16(5-3-15)27-21(29)18-12-14(23)13-24-20(18)26(22(27)30)17-7-10-32-11-8-17/h12-13,15-17H,2-11H2,1H3,(H,25,28). The summed E-state index contributed by atoms with van der Waals surface area (Å²) in [5, 5.41) is 3.15. The van der Waals surface area contributed by atoms with Crippen molar-refractivity contribution in [3.05, 3.63) is 38.9 Å². The first kappa shape index (κ1) is 23.0. The van der Waals surface area contributed by atoms with Crippen LogP contribution in [-0.2, 0) is 9.53 Å². The number of halogens is 1. The van der Waals surface area contributed by atoms with E-state index in [0.717, 1.165) is 30.5 Å². The predicted octanol–water partition coefficient (Wildman–Crippen LogP) is 2.40. The van der Waals surface area contributed by atoms with Gasteiger partial charge < -0.3 is 10.1 Å². The van der Waals surface area contributed by atoms with Crippen molar-refractivity contribution in [2.75, 3.05) is 25.2 Å². The molecule has 2 fully saturated rings. The molecular weight excluding hydrogens is 435 g/mol. The number of nitrogens with one attached hydrogen (secondary N) is 1. The second kappa shape index (κ2) is 10.2. The number of pyridine rings is 1. The Hall–Kier alpha value is -2.20. The second-order valence-electron chi connectivity index (χ2n) is 8.51. The molecule has 0 bridgehead atoms. The van der Waals surface area contributed by atoms with Gasteiger partial charge in [0, 0.05) is 31.7 Å².